The van der Waals surface area contributed by atoms with Crippen LogP contribution in [0, 0.1) is 13.8 Å². The summed E-state index contributed by atoms with van der Waals surface area (Å²) in [7, 11) is 2.17. The van der Waals surface area contributed by atoms with Crippen LogP contribution in [0.1, 0.15) is 33.0 Å². The highest BCUT2D eigenvalue weighted by Crippen LogP contribution is 2.19. The van der Waals surface area contributed by atoms with Crippen molar-refractivity contribution in [2.75, 3.05) is 46.3 Å². The molecule has 0 spiro atoms. The number of aryl methyl sites for hydroxylation is 1. The summed E-state index contributed by atoms with van der Waals surface area (Å²) in [6.45, 7) is 11.3. The number of nitrogens with one attached hydrogen (secondary N) is 1. The number of piperazine rings is 1. The van der Waals surface area contributed by atoms with Crippen LogP contribution in [0.15, 0.2) is 23.6 Å². The molecule has 142 valence electrons. The van der Waals surface area contributed by atoms with Gasteiger partial charge in [-0.1, -0.05) is 6.07 Å². The summed E-state index contributed by atoms with van der Waals surface area (Å²) in [6.07, 6.45) is 1.00. The number of rotatable bonds is 7. The molecule has 0 unspecified atom stereocenters. The standard InChI is InChI=1S/C20H30N4OS/c1-16-14-19(17(2)24(16)15-18-6-4-13-26-18)20(25)21-7-5-8-23-11-9-22(3)10-12-23/h4,6,13-14H,5,7-12,15H2,1-3H3,(H,21,25). The van der Waals surface area contributed by atoms with E-state index >= 15 is 0 Å². The lowest BCUT2D eigenvalue weighted by molar-refractivity contribution is 0.0948. The smallest absolute Gasteiger partial charge is 0.253 e. The fourth-order valence-corrected chi connectivity index (χ4v) is 4.20. The Bertz CT molecular complexity index is 715. The molecule has 26 heavy (non-hydrogen) atoms. The van der Waals surface area contributed by atoms with Gasteiger partial charge in [0.15, 0.2) is 0 Å². The third-order valence-electron chi connectivity index (χ3n) is 5.24. The van der Waals surface area contributed by atoms with E-state index in [1.165, 1.54) is 4.88 Å². The Labute approximate surface area is 160 Å². The summed E-state index contributed by atoms with van der Waals surface area (Å²) in [5.41, 5.74) is 2.99. The van der Waals surface area contributed by atoms with Crippen LogP contribution in [0.25, 0.3) is 0 Å². The van der Waals surface area contributed by atoms with Crippen molar-refractivity contribution in [3.63, 3.8) is 0 Å². The number of carbonyl (C=O) groups excluding carboxylic acids is 1. The Morgan fingerprint density at radius 1 is 1.23 bits per heavy atom. The van der Waals surface area contributed by atoms with Crippen LogP contribution in [0.2, 0.25) is 0 Å². The first-order chi connectivity index (χ1) is 12.5. The van der Waals surface area contributed by atoms with E-state index < -0.39 is 0 Å². The number of nitrogens with zero attached hydrogens (tertiary/aromatic N) is 3. The number of hydrogen-bond donors (Lipinski definition) is 1. The highest BCUT2D eigenvalue weighted by Gasteiger charge is 2.16. The minimum atomic E-state index is 0.0499. The van der Waals surface area contributed by atoms with Gasteiger partial charge >= 0.3 is 0 Å². The van der Waals surface area contributed by atoms with Gasteiger partial charge in [0.1, 0.15) is 0 Å². The molecule has 0 aromatic carbocycles. The molecule has 6 heteroatoms. The first-order valence-corrected chi connectivity index (χ1v) is 10.3. The van der Waals surface area contributed by atoms with Gasteiger partial charge in [-0.2, -0.15) is 0 Å². The molecule has 0 saturated carbocycles. The first-order valence-electron chi connectivity index (χ1n) is 9.43. The molecular weight excluding hydrogens is 344 g/mol. The van der Waals surface area contributed by atoms with Gasteiger partial charge < -0.3 is 19.7 Å². The summed E-state index contributed by atoms with van der Waals surface area (Å²) >= 11 is 1.75. The van der Waals surface area contributed by atoms with Crippen LogP contribution >= 0.6 is 11.3 Å². The van der Waals surface area contributed by atoms with Crippen LogP contribution < -0.4 is 5.32 Å². The number of carbonyl (C=O) groups is 1. The average Bonchev–Trinajstić information content (AvgIpc) is 3.24. The van der Waals surface area contributed by atoms with Gasteiger partial charge in [0.2, 0.25) is 0 Å². The molecule has 0 atom stereocenters. The van der Waals surface area contributed by atoms with Crippen molar-refractivity contribution in [3.8, 4) is 0 Å². The van der Waals surface area contributed by atoms with Gasteiger partial charge in [-0.05, 0) is 51.4 Å². The third kappa shape index (κ3) is 4.75. The third-order valence-corrected chi connectivity index (χ3v) is 6.11. The van der Waals surface area contributed by atoms with Gasteiger partial charge in [0.05, 0.1) is 12.1 Å². The second-order valence-corrected chi connectivity index (χ2v) is 8.24. The molecule has 1 aliphatic heterocycles. The number of thiophene rings is 1. The lowest BCUT2D eigenvalue weighted by atomic mass is 10.2. The van der Waals surface area contributed by atoms with Crippen molar-refractivity contribution in [1.29, 1.82) is 0 Å². The summed E-state index contributed by atoms with van der Waals surface area (Å²) in [5.74, 6) is 0.0499. The number of hydrogen-bond acceptors (Lipinski definition) is 4. The predicted molar refractivity (Wildman–Crippen MR) is 108 cm³/mol. The minimum absolute atomic E-state index is 0.0499. The summed E-state index contributed by atoms with van der Waals surface area (Å²) in [5, 5.41) is 5.20. The van der Waals surface area contributed by atoms with Crippen LogP contribution in [-0.4, -0.2) is 66.6 Å². The largest absolute Gasteiger partial charge is 0.352 e. The maximum absolute atomic E-state index is 12.6. The lowest BCUT2D eigenvalue weighted by Gasteiger charge is -2.32. The number of aromatic nitrogens is 1. The molecule has 1 fully saturated rings. The van der Waals surface area contributed by atoms with E-state index in [9.17, 15) is 4.79 Å². The van der Waals surface area contributed by atoms with Crippen molar-refractivity contribution in [1.82, 2.24) is 19.7 Å². The Morgan fingerprint density at radius 2 is 2.00 bits per heavy atom. The molecule has 1 aliphatic rings. The molecule has 3 heterocycles. The van der Waals surface area contributed by atoms with E-state index in [4.69, 9.17) is 0 Å². The fourth-order valence-electron chi connectivity index (χ4n) is 3.50. The molecule has 0 radical (unpaired) electrons. The van der Waals surface area contributed by atoms with Gasteiger partial charge in [0.25, 0.3) is 5.91 Å². The maximum Gasteiger partial charge on any atom is 0.253 e. The quantitative estimate of drug-likeness (QED) is 0.758. The van der Waals surface area contributed by atoms with Crippen LogP contribution in [0.4, 0.5) is 0 Å². The molecule has 0 bridgehead atoms. The summed E-state index contributed by atoms with van der Waals surface area (Å²) in [4.78, 5) is 18.7. The van der Waals surface area contributed by atoms with Crippen molar-refractivity contribution in [2.45, 2.75) is 26.8 Å². The minimum Gasteiger partial charge on any atom is -0.352 e. The van der Waals surface area contributed by atoms with Crippen molar-refractivity contribution >= 4 is 17.2 Å². The second-order valence-electron chi connectivity index (χ2n) is 7.20. The molecule has 1 saturated heterocycles. The number of amides is 1. The normalized spacial score (nSPS) is 16.1. The zero-order chi connectivity index (χ0) is 18.5. The first kappa shape index (κ1) is 19.1. The predicted octanol–water partition coefficient (Wildman–Crippen LogP) is 2.58. The summed E-state index contributed by atoms with van der Waals surface area (Å²) in [6, 6.07) is 6.22. The fraction of sp³-hybridized carbons (Fsp3) is 0.550. The molecule has 1 N–H and O–H groups in total. The van der Waals surface area contributed by atoms with E-state index in [2.05, 4.69) is 51.2 Å². The molecule has 0 aliphatic carbocycles. The van der Waals surface area contributed by atoms with Crippen molar-refractivity contribution in [3.05, 3.63) is 45.4 Å². The van der Waals surface area contributed by atoms with Crippen LogP contribution in [0.5, 0.6) is 0 Å². The van der Waals surface area contributed by atoms with Crippen LogP contribution in [0.3, 0.4) is 0 Å². The Morgan fingerprint density at radius 3 is 2.69 bits per heavy atom. The topological polar surface area (TPSA) is 40.5 Å². The van der Waals surface area contributed by atoms with E-state index in [0.717, 1.165) is 69.2 Å². The Balaban J connectivity index is 1.48. The lowest BCUT2D eigenvalue weighted by Crippen LogP contribution is -2.45. The van der Waals surface area contributed by atoms with Crippen molar-refractivity contribution in [2.24, 2.45) is 0 Å². The summed E-state index contributed by atoms with van der Waals surface area (Å²) < 4.78 is 2.23. The zero-order valence-corrected chi connectivity index (χ0v) is 16.9. The Hall–Kier alpha value is -1.63. The van der Waals surface area contributed by atoms with Gasteiger partial charge in [0, 0.05) is 49.0 Å². The highest BCUT2D eigenvalue weighted by atomic mass is 32.1. The van der Waals surface area contributed by atoms with Gasteiger partial charge in [-0.3, -0.25) is 4.79 Å². The van der Waals surface area contributed by atoms with E-state index in [-0.39, 0.29) is 5.91 Å². The molecule has 3 rings (SSSR count). The SMILES string of the molecule is Cc1cc(C(=O)NCCCN2CCN(C)CC2)c(C)n1Cc1cccs1. The van der Waals surface area contributed by atoms with E-state index in [1.807, 2.05) is 13.0 Å². The monoisotopic (exact) mass is 374 g/mol. The molecule has 2 aromatic heterocycles. The molecular formula is C20H30N4OS. The van der Waals surface area contributed by atoms with E-state index in [0.29, 0.717) is 0 Å². The van der Waals surface area contributed by atoms with Gasteiger partial charge in [-0.25, -0.2) is 0 Å². The van der Waals surface area contributed by atoms with E-state index in [1.54, 1.807) is 11.3 Å². The number of likely N-dealkylation sites (N-methyl/N-ethyl adjacent to an activating group) is 1. The van der Waals surface area contributed by atoms with Crippen LogP contribution in [-0.2, 0) is 6.54 Å². The molecule has 1 amide bonds. The molecule has 2 aromatic rings. The molecule has 5 nitrogen and oxygen atoms in total. The average molecular weight is 375 g/mol. The zero-order valence-electron chi connectivity index (χ0n) is 16.1. The second kappa shape index (κ2) is 8.84. The highest BCUT2D eigenvalue weighted by molar-refractivity contribution is 7.09. The maximum atomic E-state index is 12.6. The Kier molecular flexibility index (Phi) is 6.51. The van der Waals surface area contributed by atoms with Gasteiger partial charge in [-0.15, -0.1) is 11.3 Å². The van der Waals surface area contributed by atoms with Crippen molar-refractivity contribution < 1.29 is 4.79 Å².